The summed E-state index contributed by atoms with van der Waals surface area (Å²) in [5, 5.41) is 4.00. The summed E-state index contributed by atoms with van der Waals surface area (Å²) in [6, 6.07) is 1.28. The van der Waals surface area contributed by atoms with Gasteiger partial charge in [0.15, 0.2) is 5.65 Å². The number of rotatable bonds is 1. The predicted octanol–water partition coefficient (Wildman–Crippen LogP) is 2.58. The minimum Gasteiger partial charge on any atom is -0.236 e. The highest BCUT2D eigenvalue weighted by molar-refractivity contribution is 14.1. The van der Waals surface area contributed by atoms with Gasteiger partial charge in [-0.2, -0.15) is 5.10 Å². The Hall–Kier alpha value is -0.790. The Morgan fingerprint density at radius 3 is 2.86 bits per heavy atom. The van der Waals surface area contributed by atoms with Crippen molar-refractivity contribution in [2.45, 2.75) is 13.3 Å². The molecule has 74 valence electrons. The van der Waals surface area contributed by atoms with Crippen molar-refractivity contribution in [2.75, 3.05) is 0 Å². The van der Waals surface area contributed by atoms with E-state index < -0.39 is 6.43 Å². The van der Waals surface area contributed by atoms with Gasteiger partial charge >= 0.3 is 0 Å². The zero-order chi connectivity index (χ0) is 10.3. The molecular formula is C8H6F2IN3. The van der Waals surface area contributed by atoms with Gasteiger partial charge in [0.1, 0.15) is 5.69 Å². The van der Waals surface area contributed by atoms with Crippen LogP contribution in [0.3, 0.4) is 0 Å². The van der Waals surface area contributed by atoms with Gasteiger partial charge in [0.2, 0.25) is 0 Å². The third kappa shape index (κ3) is 1.37. The van der Waals surface area contributed by atoms with Crippen LogP contribution in [0.15, 0.2) is 12.3 Å². The van der Waals surface area contributed by atoms with E-state index in [1.54, 1.807) is 6.92 Å². The topological polar surface area (TPSA) is 30.2 Å². The first-order chi connectivity index (χ1) is 6.61. The molecule has 0 fully saturated rings. The molecule has 3 nitrogen and oxygen atoms in total. The van der Waals surface area contributed by atoms with E-state index in [4.69, 9.17) is 0 Å². The molecule has 0 bridgehead atoms. The maximum Gasteiger partial charge on any atom is 0.280 e. The smallest absolute Gasteiger partial charge is 0.236 e. The maximum absolute atomic E-state index is 12.5. The molecule has 2 heterocycles. The van der Waals surface area contributed by atoms with E-state index in [0.29, 0.717) is 11.3 Å². The van der Waals surface area contributed by atoms with Crippen LogP contribution in [-0.2, 0) is 0 Å². The molecule has 2 aromatic rings. The maximum atomic E-state index is 12.5. The van der Waals surface area contributed by atoms with Crippen LogP contribution in [0.5, 0.6) is 0 Å². The lowest BCUT2D eigenvalue weighted by Gasteiger charge is -2.01. The lowest BCUT2D eigenvalue weighted by atomic mass is 10.4. The van der Waals surface area contributed by atoms with Gasteiger partial charge in [0.25, 0.3) is 6.43 Å². The summed E-state index contributed by atoms with van der Waals surface area (Å²) in [6.45, 7) is 1.77. The van der Waals surface area contributed by atoms with Gasteiger partial charge < -0.3 is 0 Å². The lowest BCUT2D eigenvalue weighted by molar-refractivity contribution is 0.143. The second-order valence-electron chi connectivity index (χ2n) is 2.81. The van der Waals surface area contributed by atoms with Crippen molar-refractivity contribution >= 4 is 28.2 Å². The van der Waals surface area contributed by atoms with Crippen LogP contribution >= 0.6 is 22.6 Å². The van der Waals surface area contributed by atoms with E-state index in [1.165, 1.54) is 16.8 Å². The van der Waals surface area contributed by atoms with Crippen molar-refractivity contribution in [2.24, 2.45) is 0 Å². The summed E-state index contributed by atoms with van der Waals surface area (Å²) in [4.78, 5) is 4.00. The first-order valence-electron chi connectivity index (χ1n) is 3.89. The number of fused-ring (bicyclic) bond motifs is 1. The second kappa shape index (κ2) is 3.41. The third-order valence-electron chi connectivity index (χ3n) is 1.87. The minimum atomic E-state index is -2.53. The average molecular weight is 309 g/mol. The molecule has 6 heteroatoms. The van der Waals surface area contributed by atoms with Crippen molar-refractivity contribution in [1.82, 2.24) is 14.6 Å². The standard InChI is InChI=1S/C8H6F2IN3/c1-4-6(11)8-12-3-2-5(7(9)10)14(8)13-4/h2-3,7H,1H3. The zero-order valence-corrected chi connectivity index (χ0v) is 9.37. The molecule has 0 saturated heterocycles. The molecule has 0 spiro atoms. The number of hydrogen-bond acceptors (Lipinski definition) is 2. The Balaban J connectivity index is 2.81. The molecule has 0 N–H and O–H groups in total. The lowest BCUT2D eigenvalue weighted by Crippen LogP contribution is -2.00. The highest BCUT2D eigenvalue weighted by Crippen LogP contribution is 2.22. The number of aromatic nitrogens is 3. The van der Waals surface area contributed by atoms with Crippen LogP contribution in [0.1, 0.15) is 17.8 Å². The summed E-state index contributed by atoms with van der Waals surface area (Å²) in [5.41, 5.74) is 1.08. The SMILES string of the molecule is Cc1nn2c(C(F)F)ccnc2c1I. The molecule has 0 unspecified atom stereocenters. The van der Waals surface area contributed by atoms with E-state index in [2.05, 4.69) is 10.1 Å². The fourth-order valence-corrected chi connectivity index (χ4v) is 1.68. The summed E-state index contributed by atoms with van der Waals surface area (Å²) in [6.07, 6.45) is -1.16. The van der Waals surface area contributed by atoms with Gasteiger partial charge in [0, 0.05) is 6.20 Å². The van der Waals surface area contributed by atoms with E-state index in [0.717, 1.165) is 3.57 Å². The molecule has 14 heavy (non-hydrogen) atoms. The van der Waals surface area contributed by atoms with Crippen LogP contribution in [0.4, 0.5) is 8.78 Å². The Bertz CT molecular complexity index is 481. The largest absolute Gasteiger partial charge is 0.280 e. The van der Waals surface area contributed by atoms with Gasteiger partial charge in [-0.25, -0.2) is 18.3 Å². The highest BCUT2D eigenvalue weighted by Gasteiger charge is 2.15. The van der Waals surface area contributed by atoms with E-state index in [1.807, 2.05) is 22.6 Å². The van der Waals surface area contributed by atoms with Crippen molar-refractivity contribution in [3.63, 3.8) is 0 Å². The van der Waals surface area contributed by atoms with Crippen LogP contribution in [0.25, 0.3) is 5.65 Å². The molecule has 0 amide bonds. The molecule has 0 saturated carbocycles. The third-order valence-corrected chi connectivity index (χ3v) is 3.14. The van der Waals surface area contributed by atoms with Crippen LogP contribution in [0, 0.1) is 10.5 Å². The molecule has 2 rings (SSSR count). The fraction of sp³-hybridized carbons (Fsp3) is 0.250. The molecule has 0 aromatic carbocycles. The zero-order valence-electron chi connectivity index (χ0n) is 7.21. The monoisotopic (exact) mass is 309 g/mol. The first-order valence-corrected chi connectivity index (χ1v) is 4.97. The summed E-state index contributed by atoms with van der Waals surface area (Å²) < 4.78 is 27.1. The minimum absolute atomic E-state index is 0.124. The number of nitrogens with zero attached hydrogens (tertiary/aromatic N) is 3. The van der Waals surface area contributed by atoms with E-state index in [9.17, 15) is 8.78 Å². The predicted molar refractivity (Wildman–Crippen MR) is 55.4 cm³/mol. The number of alkyl halides is 2. The van der Waals surface area contributed by atoms with Crippen molar-refractivity contribution in [3.05, 3.63) is 27.2 Å². The molecular weight excluding hydrogens is 303 g/mol. The quantitative estimate of drug-likeness (QED) is 0.758. The molecule has 0 aliphatic carbocycles. The molecule has 0 atom stereocenters. The van der Waals surface area contributed by atoms with Gasteiger partial charge in [-0.1, -0.05) is 0 Å². The van der Waals surface area contributed by atoms with Crippen LogP contribution in [0.2, 0.25) is 0 Å². The summed E-state index contributed by atoms with van der Waals surface area (Å²) in [7, 11) is 0. The average Bonchev–Trinajstić information content (AvgIpc) is 2.43. The first kappa shape index (κ1) is 9.75. The van der Waals surface area contributed by atoms with Gasteiger partial charge in [-0.05, 0) is 35.6 Å². The Morgan fingerprint density at radius 1 is 1.50 bits per heavy atom. The Labute approximate surface area is 92.3 Å². The van der Waals surface area contributed by atoms with Crippen LogP contribution < -0.4 is 0 Å². The van der Waals surface area contributed by atoms with Crippen molar-refractivity contribution in [3.8, 4) is 0 Å². The molecule has 0 aliphatic heterocycles. The molecule has 0 radical (unpaired) electrons. The second-order valence-corrected chi connectivity index (χ2v) is 3.88. The number of hydrogen-bond donors (Lipinski definition) is 0. The van der Waals surface area contributed by atoms with Crippen molar-refractivity contribution < 1.29 is 8.78 Å². The van der Waals surface area contributed by atoms with Gasteiger partial charge in [-0.15, -0.1) is 0 Å². The highest BCUT2D eigenvalue weighted by atomic mass is 127. The fourth-order valence-electron chi connectivity index (χ4n) is 1.21. The molecule has 0 aliphatic rings. The number of halogens is 3. The normalized spacial score (nSPS) is 11.5. The van der Waals surface area contributed by atoms with E-state index >= 15 is 0 Å². The van der Waals surface area contributed by atoms with Crippen molar-refractivity contribution in [1.29, 1.82) is 0 Å². The Morgan fingerprint density at radius 2 is 2.21 bits per heavy atom. The number of aryl methyl sites for hydroxylation is 1. The van der Waals surface area contributed by atoms with E-state index in [-0.39, 0.29) is 5.69 Å². The molecule has 2 aromatic heterocycles. The van der Waals surface area contributed by atoms with Crippen LogP contribution in [-0.4, -0.2) is 14.6 Å². The summed E-state index contributed by atoms with van der Waals surface area (Å²) in [5.74, 6) is 0. The summed E-state index contributed by atoms with van der Waals surface area (Å²) >= 11 is 2.05. The van der Waals surface area contributed by atoms with Gasteiger partial charge in [-0.3, -0.25) is 0 Å². The van der Waals surface area contributed by atoms with Gasteiger partial charge in [0.05, 0.1) is 9.26 Å². The Kier molecular flexibility index (Phi) is 2.38.